The highest BCUT2D eigenvalue weighted by Crippen LogP contribution is 2.60. The molecular weight excluding hydrogens is 661 g/mol. The molecule has 20 heteroatoms. The fourth-order valence-electron chi connectivity index (χ4n) is 4.22. The number of benzene rings is 1. The Kier molecular flexibility index (Phi) is 9.26. The van der Waals surface area contributed by atoms with Crippen molar-refractivity contribution in [3.8, 4) is 5.75 Å². The molecule has 0 spiro atoms. The van der Waals surface area contributed by atoms with E-state index >= 15 is 0 Å². The van der Waals surface area contributed by atoms with Crippen molar-refractivity contribution in [1.82, 2.24) is 0 Å². The Morgan fingerprint density at radius 3 is 1.17 bits per heavy atom. The minimum atomic E-state index is -7.97. The highest BCUT2D eigenvalue weighted by molar-refractivity contribution is 6.66. The molecule has 3 rings (SSSR count). The van der Waals surface area contributed by atoms with E-state index in [2.05, 4.69) is 0 Å². The number of ether oxygens (including phenoxy) is 1. The Hall–Kier alpha value is -1.92. The van der Waals surface area contributed by atoms with E-state index in [-0.39, 0.29) is 10.9 Å². The minimum Gasteiger partial charge on any atom is -0.493 e. The Bertz CT molecular complexity index is 1210. The van der Waals surface area contributed by atoms with Crippen LogP contribution in [0.5, 0.6) is 5.75 Å². The van der Waals surface area contributed by atoms with Crippen molar-refractivity contribution in [2.75, 3.05) is 6.61 Å². The second kappa shape index (κ2) is 11.1. The molecule has 0 bridgehead atoms. The predicted molar refractivity (Wildman–Crippen MR) is 139 cm³/mol. The summed E-state index contributed by atoms with van der Waals surface area (Å²) < 4.78 is 204. The molecular formula is C26H31B2F13O5. The van der Waals surface area contributed by atoms with Crippen molar-refractivity contribution in [1.29, 1.82) is 0 Å². The third kappa shape index (κ3) is 6.08. The maximum Gasteiger partial charge on any atom is 0.494 e. The van der Waals surface area contributed by atoms with Crippen molar-refractivity contribution in [3.63, 3.8) is 0 Å². The van der Waals surface area contributed by atoms with Gasteiger partial charge in [-0.25, -0.2) is 0 Å². The van der Waals surface area contributed by atoms with E-state index in [0.29, 0.717) is 0 Å². The third-order valence-electron chi connectivity index (χ3n) is 8.69. The predicted octanol–water partition coefficient (Wildman–Crippen LogP) is 6.79. The number of alkyl halides is 13. The summed E-state index contributed by atoms with van der Waals surface area (Å²) in [6.07, 6.45) is -10.00. The lowest BCUT2D eigenvalue weighted by Crippen LogP contribution is -2.70. The average molecular weight is 692 g/mol. The van der Waals surface area contributed by atoms with E-state index in [9.17, 15) is 57.1 Å². The van der Waals surface area contributed by atoms with Crippen molar-refractivity contribution < 1.29 is 80.4 Å². The molecule has 5 nitrogen and oxygen atoms in total. The van der Waals surface area contributed by atoms with Crippen LogP contribution in [0.3, 0.4) is 0 Å². The molecule has 2 fully saturated rings. The van der Waals surface area contributed by atoms with E-state index in [4.69, 9.17) is 23.4 Å². The monoisotopic (exact) mass is 692 g/mol. The summed E-state index contributed by atoms with van der Waals surface area (Å²) >= 11 is 0. The summed E-state index contributed by atoms with van der Waals surface area (Å²) in [6, 6.07) is 3.75. The first-order chi connectivity index (χ1) is 20.2. The SMILES string of the molecule is CC1(C)OB(c2cc(OCCC(F)(F)C(F)(F)C(F)(F)C(F)(F)C(F)(F)C(F)(F)F)cc(B3OC(C)(C)C(C)(C)O3)c2)OC1(C)C. The van der Waals surface area contributed by atoms with E-state index in [0.717, 1.165) is 12.1 Å². The molecule has 1 aromatic carbocycles. The fraction of sp³-hybridized carbons (Fsp3) is 0.769. The second-order valence-corrected chi connectivity index (χ2v) is 13.1. The molecule has 2 heterocycles. The number of halogens is 13. The first-order valence-electron chi connectivity index (χ1n) is 13.6. The van der Waals surface area contributed by atoms with Gasteiger partial charge in [0.15, 0.2) is 0 Å². The topological polar surface area (TPSA) is 46.2 Å². The Morgan fingerprint density at radius 2 is 0.848 bits per heavy atom. The lowest BCUT2D eigenvalue weighted by atomic mass is 9.71. The molecule has 0 amide bonds. The molecule has 0 aliphatic carbocycles. The van der Waals surface area contributed by atoms with Gasteiger partial charge in [0, 0.05) is 0 Å². The van der Waals surface area contributed by atoms with Gasteiger partial charge in [0.25, 0.3) is 0 Å². The van der Waals surface area contributed by atoms with Crippen LogP contribution < -0.4 is 15.7 Å². The maximum absolute atomic E-state index is 14.4. The van der Waals surface area contributed by atoms with Gasteiger partial charge >= 0.3 is 50.0 Å². The number of hydrogen-bond acceptors (Lipinski definition) is 5. The summed E-state index contributed by atoms with van der Waals surface area (Å²) in [5, 5.41) is 0. The van der Waals surface area contributed by atoms with Crippen LogP contribution in [0.25, 0.3) is 0 Å². The Labute approximate surface area is 256 Å². The first kappa shape index (κ1) is 38.5. The van der Waals surface area contributed by atoms with Gasteiger partial charge in [-0.15, -0.1) is 0 Å². The average Bonchev–Trinajstić information content (AvgIpc) is 3.22. The molecule has 0 aromatic heterocycles. The molecule has 0 atom stereocenters. The zero-order valence-electron chi connectivity index (χ0n) is 25.8. The molecule has 0 unspecified atom stereocenters. The minimum absolute atomic E-state index is 0.165. The van der Waals surface area contributed by atoms with Crippen molar-refractivity contribution in [2.45, 2.75) is 120 Å². The molecule has 0 saturated carbocycles. The quantitative estimate of drug-likeness (QED) is 0.200. The van der Waals surface area contributed by atoms with Crippen LogP contribution in [0.2, 0.25) is 0 Å². The van der Waals surface area contributed by atoms with Gasteiger partial charge in [-0.2, -0.15) is 57.1 Å². The maximum atomic E-state index is 14.4. The van der Waals surface area contributed by atoms with E-state index in [1.54, 1.807) is 55.4 Å². The van der Waals surface area contributed by atoms with Crippen molar-refractivity contribution >= 4 is 25.2 Å². The Balaban J connectivity index is 1.92. The highest BCUT2D eigenvalue weighted by atomic mass is 19.4. The van der Waals surface area contributed by atoms with Crippen molar-refractivity contribution in [3.05, 3.63) is 18.2 Å². The van der Waals surface area contributed by atoms with E-state index < -0.39 is 91.2 Å². The van der Waals surface area contributed by atoms with E-state index in [1.807, 2.05) is 0 Å². The van der Waals surface area contributed by atoms with Crippen LogP contribution >= 0.6 is 0 Å². The molecule has 2 aliphatic rings. The Morgan fingerprint density at radius 1 is 0.522 bits per heavy atom. The molecule has 262 valence electrons. The van der Waals surface area contributed by atoms with Gasteiger partial charge in [0.2, 0.25) is 0 Å². The van der Waals surface area contributed by atoms with Gasteiger partial charge < -0.3 is 23.4 Å². The van der Waals surface area contributed by atoms with Gasteiger partial charge in [0.05, 0.1) is 35.4 Å². The molecule has 2 saturated heterocycles. The summed E-state index contributed by atoms with van der Waals surface area (Å²) in [5.74, 6) is -37.7. The van der Waals surface area contributed by atoms with Gasteiger partial charge in [-0.1, -0.05) is 6.07 Å². The fourth-order valence-corrected chi connectivity index (χ4v) is 4.22. The highest BCUT2D eigenvalue weighted by Gasteiger charge is 2.90. The number of hydrogen-bond donors (Lipinski definition) is 0. The summed E-state index contributed by atoms with van der Waals surface area (Å²) in [6.45, 7) is 12.0. The van der Waals surface area contributed by atoms with Gasteiger partial charge in [-0.3, -0.25) is 0 Å². The van der Waals surface area contributed by atoms with Crippen LogP contribution in [-0.2, 0) is 18.6 Å². The molecule has 1 aromatic rings. The van der Waals surface area contributed by atoms with Gasteiger partial charge in [-0.05, 0) is 78.4 Å². The largest absolute Gasteiger partial charge is 0.494 e. The molecule has 0 radical (unpaired) electrons. The number of rotatable bonds is 10. The summed E-state index contributed by atoms with van der Waals surface area (Å²) in [7, 11) is -2.26. The third-order valence-corrected chi connectivity index (χ3v) is 8.69. The first-order valence-corrected chi connectivity index (χ1v) is 13.6. The van der Waals surface area contributed by atoms with Crippen LogP contribution in [0.1, 0.15) is 61.8 Å². The summed E-state index contributed by atoms with van der Waals surface area (Å²) in [5.41, 5.74) is -3.21. The lowest BCUT2D eigenvalue weighted by Gasteiger charge is -2.39. The zero-order valence-corrected chi connectivity index (χ0v) is 25.8. The summed E-state index contributed by atoms with van der Waals surface area (Å²) in [4.78, 5) is 0. The van der Waals surface area contributed by atoms with Crippen LogP contribution in [0.4, 0.5) is 57.1 Å². The smallest absolute Gasteiger partial charge is 0.493 e. The van der Waals surface area contributed by atoms with Crippen LogP contribution in [0.15, 0.2) is 18.2 Å². The van der Waals surface area contributed by atoms with Crippen LogP contribution in [-0.4, -0.2) is 79.0 Å². The molecule has 2 aliphatic heterocycles. The lowest BCUT2D eigenvalue weighted by molar-refractivity contribution is -0.440. The molecule has 0 N–H and O–H groups in total. The van der Waals surface area contributed by atoms with E-state index in [1.165, 1.54) is 6.07 Å². The standard InChI is InChI=1S/C26H31B2F13O5/c1-17(2)18(3,4)44-27(43-17)14-11-15(28-45-19(5,6)20(7,8)46-28)13-16(12-14)42-10-9-21(29,30)22(31,32)23(33,34)24(35,36)25(37,38)26(39,40)41/h11-13H,9-10H2,1-8H3. The van der Waals surface area contributed by atoms with Crippen molar-refractivity contribution in [2.24, 2.45) is 0 Å². The molecule has 46 heavy (non-hydrogen) atoms. The second-order valence-electron chi connectivity index (χ2n) is 13.1. The zero-order chi connectivity index (χ0) is 36.0. The van der Waals surface area contributed by atoms with Gasteiger partial charge in [0.1, 0.15) is 5.75 Å². The normalized spacial score (nSPS) is 22.0. The van der Waals surface area contributed by atoms with Crippen LogP contribution in [0, 0.1) is 0 Å².